The summed E-state index contributed by atoms with van der Waals surface area (Å²) in [5.41, 5.74) is 6.49. The molecule has 0 saturated heterocycles. The van der Waals surface area contributed by atoms with Gasteiger partial charge in [-0.1, -0.05) is 0 Å². The van der Waals surface area contributed by atoms with Gasteiger partial charge in [-0.05, 0) is 65.2 Å². The number of hydrogen-bond acceptors (Lipinski definition) is 8. The zero-order valence-electron chi connectivity index (χ0n) is 27.9. The van der Waals surface area contributed by atoms with Crippen molar-refractivity contribution in [1.29, 1.82) is 0 Å². The van der Waals surface area contributed by atoms with Crippen molar-refractivity contribution in [3.05, 3.63) is 89.1 Å². The Morgan fingerprint density at radius 1 is 0.574 bits per heavy atom. The SMILES string of the molecule is COc1cc(COc2cc3c(cc2OC)-c2c(Cc4cc(OC)cc(OC)c4)c4ccc(OC)c(OC)c4c[n+]2CC3)cc(OC)c1. The van der Waals surface area contributed by atoms with Gasteiger partial charge >= 0.3 is 0 Å². The lowest BCUT2D eigenvalue weighted by atomic mass is 9.88. The normalized spacial score (nSPS) is 11.7. The summed E-state index contributed by atoms with van der Waals surface area (Å²) in [4.78, 5) is 0. The molecule has 6 rings (SSSR count). The summed E-state index contributed by atoms with van der Waals surface area (Å²) in [7, 11) is 11.6. The van der Waals surface area contributed by atoms with E-state index in [1.807, 2.05) is 42.5 Å². The molecule has 0 aliphatic carbocycles. The summed E-state index contributed by atoms with van der Waals surface area (Å²) in [5, 5.41) is 2.04. The number of methoxy groups -OCH3 is 7. The summed E-state index contributed by atoms with van der Waals surface area (Å²) < 4.78 is 48.3. The van der Waals surface area contributed by atoms with E-state index in [0.29, 0.717) is 47.5 Å². The molecule has 0 amide bonds. The van der Waals surface area contributed by atoms with E-state index < -0.39 is 0 Å². The van der Waals surface area contributed by atoms with Crippen molar-refractivity contribution in [2.75, 3.05) is 49.8 Å². The number of fused-ring (bicyclic) bond motifs is 4. The van der Waals surface area contributed by atoms with Crippen molar-refractivity contribution in [2.45, 2.75) is 26.0 Å². The van der Waals surface area contributed by atoms with E-state index in [2.05, 4.69) is 29.0 Å². The summed E-state index contributed by atoms with van der Waals surface area (Å²) in [5.74, 6) is 5.58. The van der Waals surface area contributed by atoms with Gasteiger partial charge in [0.1, 0.15) is 29.6 Å². The summed E-state index contributed by atoms with van der Waals surface area (Å²) in [6.07, 6.45) is 3.59. The van der Waals surface area contributed by atoms with Gasteiger partial charge in [-0.25, -0.2) is 0 Å². The van der Waals surface area contributed by atoms with Gasteiger partial charge in [-0.3, -0.25) is 0 Å². The number of benzene rings is 4. The van der Waals surface area contributed by atoms with E-state index in [4.69, 9.17) is 37.9 Å². The lowest BCUT2D eigenvalue weighted by molar-refractivity contribution is -0.686. The number of nitrogens with zero attached hydrogens (tertiary/aromatic N) is 1. The Bertz CT molecular complexity index is 1890. The lowest BCUT2D eigenvalue weighted by Crippen LogP contribution is -2.41. The maximum atomic E-state index is 6.37. The maximum absolute atomic E-state index is 6.37. The van der Waals surface area contributed by atoms with Gasteiger partial charge in [0.05, 0.1) is 60.7 Å². The first-order valence-electron chi connectivity index (χ1n) is 15.3. The molecule has 0 fully saturated rings. The third-order valence-corrected chi connectivity index (χ3v) is 8.63. The fourth-order valence-electron chi connectivity index (χ4n) is 6.36. The minimum absolute atomic E-state index is 0.323. The predicted octanol–water partition coefficient (Wildman–Crippen LogP) is 6.58. The van der Waals surface area contributed by atoms with Crippen LogP contribution in [0.4, 0.5) is 0 Å². The van der Waals surface area contributed by atoms with Gasteiger partial charge in [-0.2, -0.15) is 4.57 Å². The molecule has 1 aliphatic rings. The van der Waals surface area contributed by atoms with E-state index in [0.717, 1.165) is 63.2 Å². The molecule has 1 aromatic heterocycles. The van der Waals surface area contributed by atoms with Gasteiger partial charge in [0.15, 0.2) is 35.7 Å². The van der Waals surface area contributed by atoms with Crippen molar-refractivity contribution in [2.24, 2.45) is 0 Å². The first-order chi connectivity index (χ1) is 22.9. The average molecular weight is 639 g/mol. The Balaban J connectivity index is 1.49. The Morgan fingerprint density at radius 2 is 1.19 bits per heavy atom. The minimum Gasteiger partial charge on any atom is -0.497 e. The van der Waals surface area contributed by atoms with Gasteiger partial charge < -0.3 is 37.9 Å². The summed E-state index contributed by atoms with van der Waals surface area (Å²) in [6, 6.07) is 20.0. The lowest BCUT2D eigenvalue weighted by Gasteiger charge is -2.22. The molecule has 5 aromatic rings. The highest BCUT2D eigenvalue weighted by Gasteiger charge is 2.32. The molecule has 9 heteroatoms. The quantitative estimate of drug-likeness (QED) is 0.142. The van der Waals surface area contributed by atoms with Crippen LogP contribution in [0.5, 0.6) is 46.0 Å². The highest BCUT2D eigenvalue weighted by atomic mass is 16.5. The molecular formula is C38H40NO8+. The van der Waals surface area contributed by atoms with Crippen LogP contribution in [-0.2, 0) is 26.0 Å². The zero-order valence-corrected chi connectivity index (χ0v) is 27.9. The van der Waals surface area contributed by atoms with Gasteiger partial charge in [-0.15, -0.1) is 0 Å². The van der Waals surface area contributed by atoms with Crippen LogP contribution < -0.4 is 42.5 Å². The van der Waals surface area contributed by atoms with Crippen LogP contribution in [0.3, 0.4) is 0 Å². The van der Waals surface area contributed by atoms with Crippen molar-refractivity contribution in [3.63, 3.8) is 0 Å². The highest BCUT2D eigenvalue weighted by Crippen LogP contribution is 2.43. The van der Waals surface area contributed by atoms with Crippen LogP contribution in [0.1, 0.15) is 22.3 Å². The molecule has 244 valence electrons. The van der Waals surface area contributed by atoms with Crippen LogP contribution in [0, 0.1) is 0 Å². The first kappa shape index (κ1) is 31.7. The Labute approximate surface area is 275 Å². The second kappa shape index (κ2) is 13.6. The number of aryl methyl sites for hydroxylation is 2. The number of ether oxygens (including phenoxy) is 8. The van der Waals surface area contributed by atoms with Crippen LogP contribution in [0.25, 0.3) is 22.0 Å². The van der Waals surface area contributed by atoms with Crippen molar-refractivity contribution in [3.8, 4) is 57.3 Å². The molecule has 0 bridgehead atoms. The smallest absolute Gasteiger partial charge is 0.217 e. The molecule has 2 heterocycles. The van der Waals surface area contributed by atoms with Crippen LogP contribution in [0.15, 0.2) is 66.9 Å². The van der Waals surface area contributed by atoms with E-state index in [1.165, 1.54) is 5.56 Å². The van der Waals surface area contributed by atoms with Crippen molar-refractivity contribution < 1.29 is 42.5 Å². The predicted molar refractivity (Wildman–Crippen MR) is 179 cm³/mol. The fraction of sp³-hybridized carbons (Fsp3) is 0.289. The van der Waals surface area contributed by atoms with E-state index in [-0.39, 0.29) is 0 Å². The van der Waals surface area contributed by atoms with Gasteiger partial charge in [0.2, 0.25) is 5.69 Å². The Morgan fingerprint density at radius 3 is 1.77 bits per heavy atom. The first-order valence-corrected chi connectivity index (χ1v) is 15.3. The second-order valence-electron chi connectivity index (χ2n) is 11.2. The topological polar surface area (TPSA) is 77.7 Å². The van der Waals surface area contributed by atoms with Crippen LogP contribution in [0.2, 0.25) is 0 Å². The Kier molecular flexibility index (Phi) is 9.15. The third kappa shape index (κ3) is 6.13. The number of pyridine rings is 1. The van der Waals surface area contributed by atoms with E-state index in [1.54, 1.807) is 49.8 Å². The largest absolute Gasteiger partial charge is 0.497 e. The molecule has 1 aliphatic heterocycles. The second-order valence-corrected chi connectivity index (χ2v) is 11.2. The van der Waals surface area contributed by atoms with E-state index >= 15 is 0 Å². The van der Waals surface area contributed by atoms with Crippen molar-refractivity contribution in [1.82, 2.24) is 0 Å². The summed E-state index contributed by atoms with van der Waals surface area (Å²) >= 11 is 0. The number of rotatable bonds is 12. The molecule has 47 heavy (non-hydrogen) atoms. The van der Waals surface area contributed by atoms with Gasteiger partial charge in [0.25, 0.3) is 0 Å². The Hall–Kier alpha value is -5.31. The monoisotopic (exact) mass is 638 g/mol. The van der Waals surface area contributed by atoms with Crippen LogP contribution >= 0.6 is 0 Å². The van der Waals surface area contributed by atoms with E-state index in [9.17, 15) is 0 Å². The molecule has 0 radical (unpaired) electrons. The average Bonchev–Trinajstić information content (AvgIpc) is 3.12. The molecule has 0 saturated carbocycles. The minimum atomic E-state index is 0.323. The van der Waals surface area contributed by atoms with Crippen LogP contribution in [-0.4, -0.2) is 49.8 Å². The zero-order chi connectivity index (χ0) is 33.1. The summed E-state index contributed by atoms with van der Waals surface area (Å²) in [6.45, 7) is 1.09. The maximum Gasteiger partial charge on any atom is 0.217 e. The molecular weight excluding hydrogens is 598 g/mol. The molecule has 0 N–H and O–H groups in total. The molecule has 0 atom stereocenters. The van der Waals surface area contributed by atoms with Crippen molar-refractivity contribution >= 4 is 10.8 Å². The number of aromatic nitrogens is 1. The molecule has 0 spiro atoms. The molecule has 9 nitrogen and oxygen atoms in total. The number of hydrogen-bond donors (Lipinski definition) is 0. The standard InChI is InChI=1S/C38H40NO8/c1-40-26-12-23(13-27(18-26)41-2)16-32-30-8-9-34(44-5)38(46-7)33(30)21-39-11-10-25-17-36(35(45-6)20-31(25)37(32)39)47-22-24-14-28(42-3)19-29(15-24)43-4/h8-9,12-15,17-21H,10-11,16,22H2,1-7H3/q+1. The molecule has 0 unspecified atom stereocenters. The van der Waals surface area contributed by atoms with Gasteiger partial charge in [0, 0.05) is 35.9 Å². The highest BCUT2D eigenvalue weighted by molar-refractivity contribution is 5.95. The third-order valence-electron chi connectivity index (χ3n) is 8.63. The fourth-order valence-corrected chi connectivity index (χ4v) is 6.36. The molecule has 4 aromatic carbocycles.